The van der Waals surface area contributed by atoms with E-state index in [2.05, 4.69) is 5.32 Å². The number of methoxy groups -OCH3 is 1. The van der Waals surface area contributed by atoms with Crippen LogP contribution < -0.4 is 10.1 Å². The summed E-state index contributed by atoms with van der Waals surface area (Å²) in [4.78, 5) is 12.5. The van der Waals surface area contributed by atoms with Crippen LogP contribution in [0, 0.1) is 5.92 Å². The van der Waals surface area contributed by atoms with Crippen molar-refractivity contribution in [1.82, 2.24) is 4.31 Å². The second-order valence-electron chi connectivity index (χ2n) is 6.65. The molecule has 0 unspecified atom stereocenters. The van der Waals surface area contributed by atoms with Gasteiger partial charge in [0.1, 0.15) is 5.75 Å². The molecule has 3 rings (SSSR count). The van der Waals surface area contributed by atoms with E-state index in [-0.39, 0.29) is 11.8 Å². The smallest absolute Gasteiger partial charge is 0.236 e. The third-order valence-electron chi connectivity index (χ3n) is 4.77. The molecule has 1 saturated heterocycles. The van der Waals surface area contributed by atoms with Gasteiger partial charge in [-0.1, -0.05) is 30.3 Å². The summed E-state index contributed by atoms with van der Waals surface area (Å²) in [5.41, 5.74) is 1.53. The van der Waals surface area contributed by atoms with E-state index in [1.807, 2.05) is 30.3 Å². The summed E-state index contributed by atoms with van der Waals surface area (Å²) in [6.07, 6.45) is 2.60. The molecule has 1 amide bonds. The molecule has 28 heavy (non-hydrogen) atoms. The molecular weight excluding hydrogens is 376 g/mol. The van der Waals surface area contributed by atoms with Crippen molar-refractivity contribution in [3.8, 4) is 5.75 Å². The number of ether oxygens (including phenoxy) is 1. The van der Waals surface area contributed by atoms with Gasteiger partial charge in [-0.15, -0.1) is 0 Å². The van der Waals surface area contributed by atoms with Crippen LogP contribution in [0.2, 0.25) is 0 Å². The Hall–Kier alpha value is -2.64. The molecule has 2 aromatic rings. The van der Waals surface area contributed by atoms with E-state index in [9.17, 15) is 13.2 Å². The number of nitrogens with zero attached hydrogens (tertiary/aromatic N) is 1. The monoisotopic (exact) mass is 400 g/mol. The van der Waals surface area contributed by atoms with Gasteiger partial charge in [-0.25, -0.2) is 8.42 Å². The second-order valence-corrected chi connectivity index (χ2v) is 8.47. The fourth-order valence-corrected chi connectivity index (χ4v) is 4.33. The molecule has 0 aliphatic carbocycles. The van der Waals surface area contributed by atoms with E-state index in [1.165, 1.54) is 9.71 Å². The Bertz CT molecular complexity index is 917. The van der Waals surface area contributed by atoms with Gasteiger partial charge in [0, 0.05) is 30.1 Å². The van der Waals surface area contributed by atoms with Crippen LogP contribution >= 0.6 is 0 Å². The number of hydrogen-bond acceptors (Lipinski definition) is 4. The highest BCUT2D eigenvalue weighted by molar-refractivity contribution is 7.92. The van der Waals surface area contributed by atoms with E-state index in [0.29, 0.717) is 31.6 Å². The Morgan fingerprint density at radius 3 is 2.32 bits per heavy atom. The minimum absolute atomic E-state index is 0.0814. The molecule has 1 heterocycles. The quantitative estimate of drug-likeness (QED) is 0.807. The number of anilines is 1. The molecule has 0 aromatic heterocycles. The highest BCUT2D eigenvalue weighted by Gasteiger charge is 2.29. The lowest BCUT2D eigenvalue weighted by Gasteiger charge is -2.29. The van der Waals surface area contributed by atoms with E-state index >= 15 is 0 Å². The van der Waals surface area contributed by atoms with Crippen LogP contribution in [0.15, 0.2) is 60.0 Å². The van der Waals surface area contributed by atoms with Crippen molar-refractivity contribution in [2.45, 2.75) is 12.8 Å². The van der Waals surface area contributed by atoms with Gasteiger partial charge in [0.05, 0.1) is 7.11 Å². The average molecular weight is 401 g/mol. The summed E-state index contributed by atoms with van der Waals surface area (Å²) in [6.45, 7) is 0.671. The van der Waals surface area contributed by atoms with Crippen molar-refractivity contribution in [2.24, 2.45) is 5.92 Å². The molecule has 1 aliphatic rings. The molecule has 6 nitrogen and oxygen atoms in total. The summed E-state index contributed by atoms with van der Waals surface area (Å²) >= 11 is 0. The van der Waals surface area contributed by atoms with E-state index < -0.39 is 10.0 Å². The van der Waals surface area contributed by atoms with Crippen molar-refractivity contribution in [3.05, 3.63) is 65.6 Å². The van der Waals surface area contributed by atoms with Crippen molar-refractivity contribution in [1.29, 1.82) is 0 Å². The second kappa shape index (κ2) is 9.03. The Balaban J connectivity index is 1.54. The minimum atomic E-state index is -3.49. The molecular formula is C21H24N2O4S. The van der Waals surface area contributed by atoms with Crippen LogP contribution in [0.4, 0.5) is 5.69 Å². The molecule has 7 heteroatoms. The summed E-state index contributed by atoms with van der Waals surface area (Å²) < 4.78 is 31.6. The fraction of sp³-hybridized carbons (Fsp3) is 0.286. The van der Waals surface area contributed by atoms with Gasteiger partial charge in [-0.3, -0.25) is 4.79 Å². The SMILES string of the molecule is COc1ccc(NC(=O)C2CCN(S(=O)(=O)/C=C/c3ccccc3)CC2)cc1. The molecule has 0 radical (unpaired) electrons. The zero-order valence-electron chi connectivity index (χ0n) is 15.7. The Morgan fingerprint density at radius 2 is 1.71 bits per heavy atom. The van der Waals surface area contributed by atoms with Gasteiger partial charge in [-0.2, -0.15) is 4.31 Å². The minimum Gasteiger partial charge on any atom is -0.497 e. The number of sulfonamides is 1. The van der Waals surface area contributed by atoms with Crippen LogP contribution in [0.1, 0.15) is 18.4 Å². The van der Waals surface area contributed by atoms with E-state index in [1.54, 1.807) is 37.5 Å². The molecule has 0 atom stereocenters. The van der Waals surface area contributed by atoms with E-state index in [4.69, 9.17) is 4.74 Å². The lowest BCUT2D eigenvalue weighted by atomic mass is 9.97. The standard InChI is InChI=1S/C21H24N2O4S/c1-27-20-9-7-19(8-10-20)22-21(24)18-11-14-23(15-12-18)28(25,26)16-13-17-5-3-2-4-6-17/h2-10,13,16,18H,11-12,14-15H2,1H3,(H,22,24)/b16-13+. The zero-order chi connectivity index (χ0) is 20.0. The summed E-state index contributed by atoms with van der Waals surface area (Å²) in [7, 11) is -1.90. The van der Waals surface area contributed by atoms with Gasteiger partial charge >= 0.3 is 0 Å². The van der Waals surface area contributed by atoms with Gasteiger partial charge in [0.2, 0.25) is 15.9 Å². The summed E-state index contributed by atoms with van der Waals surface area (Å²) in [6, 6.07) is 16.4. The van der Waals surface area contributed by atoms with Crippen molar-refractivity contribution >= 4 is 27.7 Å². The molecule has 1 aliphatic heterocycles. The first-order valence-electron chi connectivity index (χ1n) is 9.16. The van der Waals surface area contributed by atoms with Crippen LogP contribution in [0.25, 0.3) is 6.08 Å². The maximum Gasteiger partial charge on any atom is 0.236 e. The lowest BCUT2D eigenvalue weighted by molar-refractivity contribution is -0.120. The first-order valence-corrected chi connectivity index (χ1v) is 10.7. The highest BCUT2D eigenvalue weighted by atomic mass is 32.2. The third-order valence-corrected chi connectivity index (χ3v) is 6.34. The number of carbonyl (C=O) groups excluding carboxylic acids is 1. The largest absolute Gasteiger partial charge is 0.497 e. The van der Waals surface area contributed by atoms with Crippen LogP contribution in [-0.2, 0) is 14.8 Å². The molecule has 1 N–H and O–H groups in total. The van der Waals surface area contributed by atoms with Crippen LogP contribution in [0.3, 0.4) is 0 Å². The topological polar surface area (TPSA) is 75.7 Å². The molecule has 2 aromatic carbocycles. The maximum absolute atomic E-state index is 12.5. The summed E-state index contributed by atoms with van der Waals surface area (Å²) in [5.74, 6) is 0.439. The number of carbonyl (C=O) groups is 1. The molecule has 148 valence electrons. The summed E-state index contributed by atoms with van der Waals surface area (Å²) in [5, 5.41) is 4.12. The number of benzene rings is 2. The van der Waals surface area contributed by atoms with Crippen LogP contribution in [0.5, 0.6) is 5.75 Å². The first kappa shape index (κ1) is 20.1. The Kier molecular flexibility index (Phi) is 6.49. The van der Waals surface area contributed by atoms with Crippen molar-refractivity contribution in [2.75, 3.05) is 25.5 Å². The predicted molar refractivity (Wildman–Crippen MR) is 110 cm³/mol. The van der Waals surface area contributed by atoms with Gasteiger partial charge in [-0.05, 0) is 48.7 Å². The van der Waals surface area contributed by atoms with Crippen LogP contribution in [-0.4, -0.2) is 38.8 Å². The zero-order valence-corrected chi connectivity index (χ0v) is 16.6. The highest BCUT2D eigenvalue weighted by Crippen LogP contribution is 2.23. The predicted octanol–water partition coefficient (Wildman–Crippen LogP) is 3.35. The molecule has 1 fully saturated rings. The lowest BCUT2D eigenvalue weighted by Crippen LogP contribution is -2.40. The number of rotatable bonds is 6. The number of nitrogens with one attached hydrogen (secondary N) is 1. The molecule has 0 saturated carbocycles. The van der Waals surface area contributed by atoms with Crippen molar-refractivity contribution in [3.63, 3.8) is 0 Å². The van der Waals surface area contributed by atoms with E-state index in [0.717, 1.165) is 11.3 Å². The maximum atomic E-state index is 12.5. The third kappa shape index (κ3) is 5.21. The molecule has 0 bridgehead atoms. The Morgan fingerprint density at radius 1 is 1.07 bits per heavy atom. The average Bonchev–Trinajstić information content (AvgIpc) is 2.74. The van der Waals surface area contributed by atoms with Gasteiger partial charge < -0.3 is 10.1 Å². The number of piperidine rings is 1. The first-order chi connectivity index (χ1) is 13.5. The molecule has 0 spiro atoms. The number of hydrogen-bond donors (Lipinski definition) is 1. The van der Waals surface area contributed by atoms with Gasteiger partial charge in [0.25, 0.3) is 0 Å². The van der Waals surface area contributed by atoms with Crippen molar-refractivity contribution < 1.29 is 17.9 Å². The van der Waals surface area contributed by atoms with Gasteiger partial charge in [0.15, 0.2) is 0 Å². The normalized spacial score (nSPS) is 16.2. The Labute approximate surface area is 165 Å². The fourth-order valence-electron chi connectivity index (χ4n) is 3.11. The number of amides is 1.